The van der Waals surface area contributed by atoms with Crippen molar-refractivity contribution in [3.63, 3.8) is 0 Å². The van der Waals surface area contributed by atoms with E-state index < -0.39 is 0 Å². The third-order valence-corrected chi connectivity index (χ3v) is 3.05. The van der Waals surface area contributed by atoms with Gasteiger partial charge in [-0.3, -0.25) is 9.48 Å². The third kappa shape index (κ3) is 3.30. The van der Waals surface area contributed by atoms with Crippen molar-refractivity contribution in [2.45, 2.75) is 13.1 Å². The molecule has 0 aromatic carbocycles. The van der Waals surface area contributed by atoms with E-state index in [0.717, 1.165) is 19.6 Å². The Labute approximate surface area is 107 Å². The second kappa shape index (κ2) is 5.97. The van der Waals surface area contributed by atoms with E-state index in [1.54, 1.807) is 14.1 Å². The highest BCUT2D eigenvalue weighted by Gasteiger charge is 2.17. The Morgan fingerprint density at radius 3 is 3.28 bits per heavy atom. The molecule has 6 nitrogen and oxygen atoms in total. The van der Waals surface area contributed by atoms with Gasteiger partial charge < -0.3 is 15.0 Å². The van der Waals surface area contributed by atoms with Crippen molar-refractivity contribution in [1.82, 2.24) is 20.0 Å². The predicted molar refractivity (Wildman–Crippen MR) is 66.9 cm³/mol. The van der Waals surface area contributed by atoms with Gasteiger partial charge in [-0.15, -0.1) is 0 Å². The van der Waals surface area contributed by atoms with Gasteiger partial charge in [0.15, 0.2) is 0 Å². The summed E-state index contributed by atoms with van der Waals surface area (Å²) in [5.74, 6) is 0.345. The van der Waals surface area contributed by atoms with E-state index in [9.17, 15) is 4.79 Å². The van der Waals surface area contributed by atoms with Crippen molar-refractivity contribution in [1.29, 1.82) is 0 Å². The smallest absolute Gasteiger partial charge is 0.248 e. The van der Waals surface area contributed by atoms with Gasteiger partial charge in [0.2, 0.25) is 5.91 Å². The van der Waals surface area contributed by atoms with Crippen molar-refractivity contribution in [2.24, 2.45) is 5.92 Å². The van der Waals surface area contributed by atoms with Gasteiger partial charge in [-0.25, -0.2) is 0 Å². The number of ether oxygens (including phenoxy) is 1. The van der Waals surface area contributed by atoms with E-state index in [0.29, 0.717) is 12.5 Å². The molecule has 1 aromatic heterocycles. The summed E-state index contributed by atoms with van der Waals surface area (Å²) in [5, 5.41) is 7.65. The molecule has 0 saturated carbocycles. The van der Waals surface area contributed by atoms with Gasteiger partial charge >= 0.3 is 0 Å². The minimum atomic E-state index is -0.00337. The summed E-state index contributed by atoms with van der Waals surface area (Å²) in [5.41, 5.74) is 1.20. The van der Waals surface area contributed by atoms with Crippen LogP contribution in [0.2, 0.25) is 0 Å². The number of carbonyl (C=O) groups is 1. The number of aromatic nitrogens is 2. The number of likely N-dealkylation sites (N-methyl/N-ethyl adjacent to an activating group) is 1. The van der Waals surface area contributed by atoms with Crippen molar-refractivity contribution < 1.29 is 9.53 Å². The molecule has 0 spiro atoms. The molecule has 1 aliphatic rings. The highest BCUT2D eigenvalue weighted by molar-refractivity contribution is 5.76. The average molecular weight is 252 g/mol. The molecule has 0 saturated heterocycles. The van der Waals surface area contributed by atoms with E-state index in [1.807, 2.05) is 16.9 Å². The first-order chi connectivity index (χ1) is 8.66. The van der Waals surface area contributed by atoms with Gasteiger partial charge in [0.05, 0.1) is 12.3 Å². The molecule has 2 rings (SSSR count). The molecule has 1 atom stereocenters. The van der Waals surface area contributed by atoms with Crippen molar-refractivity contribution in [3.8, 4) is 0 Å². The average Bonchev–Trinajstić information content (AvgIpc) is 2.68. The summed E-state index contributed by atoms with van der Waals surface area (Å²) in [4.78, 5) is 12.9. The van der Waals surface area contributed by atoms with Crippen LogP contribution in [0.25, 0.3) is 0 Å². The number of hydrogen-bond acceptors (Lipinski definition) is 4. The molecule has 1 amide bonds. The Morgan fingerprint density at radius 1 is 1.67 bits per heavy atom. The fraction of sp³-hybridized carbons (Fsp3) is 0.667. The minimum Gasteiger partial charge on any atom is -0.371 e. The molecule has 18 heavy (non-hydrogen) atoms. The number of fused-ring (bicyclic) bond motifs is 1. The van der Waals surface area contributed by atoms with E-state index >= 15 is 0 Å². The zero-order valence-electron chi connectivity index (χ0n) is 10.9. The lowest BCUT2D eigenvalue weighted by atomic mass is 10.1. The molecule has 0 aliphatic carbocycles. The molecule has 2 heterocycles. The van der Waals surface area contributed by atoms with Crippen LogP contribution in [0.1, 0.15) is 5.69 Å². The molecule has 100 valence electrons. The first-order valence-electron chi connectivity index (χ1n) is 6.16. The first-order valence-corrected chi connectivity index (χ1v) is 6.16. The number of nitrogens with zero attached hydrogens (tertiary/aromatic N) is 3. The molecular formula is C12H20N4O2. The molecule has 1 aliphatic heterocycles. The molecule has 6 heteroatoms. The Balaban J connectivity index is 1.79. The standard InChI is InChI=1S/C12H20N4O2/c1-15(2)12(17)9-18-8-10-5-13-6-11-3-4-14-16(11)7-10/h3-4,10,13H,5-9H2,1-2H3. The van der Waals surface area contributed by atoms with E-state index in [2.05, 4.69) is 10.4 Å². The number of nitrogens with one attached hydrogen (secondary N) is 1. The maximum absolute atomic E-state index is 11.4. The fourth-order valence-corrected chi connectivity index (χ4v) is 1.94. The Hall–Kier alpha value is -1.40. The SMILES string of the molecule is CN(C)C(=O)COCC1CNCc2ccnn2C1. The lowest BCUT2D eigenvalue weighted by molar-refractivity contribution is -0.134. The zero-order valence-corrected chi connectivity index (χ0v) is 10.9. The lowest BCUT2D eigenvalue weighted by Crippen LogP contribution is -2.30. The number of amides is 1. The molecule has 1 unspecified atom stereocenters. The molecule has 0 fully saturated rings. The fourth-order valence-electron chi connectivity index (χ4n) is 1.94. The number of rotatable bonds is 4. The van der Waals surface area contributed by atoms with Crippen molar-refractivity contribution in [3.05, 3.63) is 18.0 Å². The van der Waals surface area contributed by atoms with Gasteiger partial charge in [-0.2, -0.15) is 5.10 Å². The van der Waals surface area contributed by atoms with Crippen LogP contribution in [0, 0.1) is 5.92 Å². The van der Waals surface area contributed by atoms with E-state index in [1.165, 1.54) is 10.6 Å². The van der Waals surface area contributed by atoms with Gasteiger partial charge in [0.25, 0.3) is 0 Å². The molecule has 1 aromatic rings. The van der Waals surface area contributed by atoms with Crippen LogP contribution in [0.3, 0.4) is 0 Å². The van der Waals surface area contributed by atoms with E-state index in [-0.39, 0.29) is 12.5 Å². The summed E-state index contributed by atoms with van der Waals surface area (Å²) in [6.07, 6.45) is 1.82. The van der Waals surface area contributed by atoms with Crippen LogP contribution in [-0.4, -0.2) is 54.4 Å². The summed E-state index contributed by atoms with van der Waals surface area (Å²) >= 11 is 0. The van der Waals surface area contributed by atoms with Crippen LogP contribution in [0.5, 0.6) is 0 Å². The van der Waals surface area contributed by atoms with Crippen LogP contribution in [0.15, 0.2) is 12.3 Å². The summed E-state index contributed by atoms with van der Waals surface area (Å²) in [6, 6.07) is 2.02. The van der Waals surface area contributed by atoms with Gasteiger partial charge in [0, 0.05) is 45.8 Å². The highest BCUT2D eigenvalue weighted by atomic mass is 16.5. The predicted octanol–water partition coefficient (Wildman–Crippen LogP) is -0.293. The van der Waals surface area contributed by atoms with Crippen LogP contribution in [-0.2, 0) is 22.6 Å². The van der Waals surface area contributed by atoms with Crippen molar-refractivity contribution >= 4 is 5.91 Å². The Morgan fingerprint density at radius 2 is 2.50 bits per heavy atom. The topological polar surface area (TPSA) is 59.4 Å². The highest BCUT2D eigenvalue weighted by Crippen LogP contribution is 2.09. The second-order valence-electron chi connectivity index (χ2n) is 4.80. The third-order valence-electron chi connectivity index (χ3n) is 3.05. The van der Waals surface area contributed by atoms with E-state index in [4.69, 9.17) is 4.74 Å². The lowest BCUT2D eigenvalue weighted by Gasteiger charge is -2.16. The minimum absolute atomic E-state index is 0.00337. The van der Waals surface area contributed by atoms with Gasteiger partial charge in [0.1, 0.15) is 6.61 Å². The summed E-state index contributed by atoms with van der Waals surface area (Å²) in [7, 11) is 3.46. The monoisotopic (exact) mass is 252 g/mol. The largest absolute Gasteiger partial charge is 0.371 e. The maximum atomic E-state index is 11.4. The zero-order chi connectivity index (χ0) is 13.0. The second-order valence-corrected chi connectivity index (χ2v) is 4.80. The Bertz CT molecular complexity index is 403. The van der Waals surface area contributed by atoms with Crippen LogP contribution < -0.4 is 5.32 Å². The van der Waals surface area contributed by atoms with Gasteiger partial charge in [-0.05, 0) is 6.07 Å². The van der Waals surface area contributed by atoms with Crippen molar-refractivity contribution in [2.75, 3.05) is 33.9 Å². The first kappa shape index (κ1) is 13.0. The Kier molecular flexibility index (Phi) is 4.33. The maximum Gasteiger partial charge on any atom is 0.248 e. The number of carbonyl (C=O) groups excluding carboxylic acids is 1. The summed E-state index contributed by atoms with van der Waals surface area (Å²) in [6.45, 7) is 3.29. The van der Waals surface area contributed by atoms with Crippen LogP contribution in [0.4, 0.5) is 0 Å². The van der Waals surface area contributed by atoms with Gasteiger partial charge in [-0.1, -0.05) is 0 Å². The summed E-state index contributed by atoms with van der Waals surface area (Å²) < 4.78 is 7.47. The molecule has 0 radical (unpaired) electrons. The number of hydrogen-bond donors (Lipinski definition) is 1. The molecule has 0 bridgehead atoms. The van der Waals surface area contributed by atoms with Crippen LogP contribution >= 0.6 is 0 Å². The molecular weight excluding hydrogens is 232 g/mol. The molecule has 1 N–H and O–H groups in total. The quantitative estimate of drug-likeness (QED) is 0.800. The normalized spacial score (nSPS) is 19.1.